The number of benzene rings is 1. The van der Waals surface area contributed by atoms with E-state index in [9.17, 15) is 4.79 Å². The summed E-state index contributed by atoms with van der Waals surface area (Å²) in [7, 11) is 0. The first-order valence-corrected chi connectivity index (χ1v) is 13.0. The van der Waals surface area contributed by atoms with Crippen LogP contribution in [0.1, 0.15) is 138 Å². The van der Waals surface area contributed by atoms with Crippen LogP contribution in [0.2, 0.25) is 0 Å². The van der Waals surface area contributed by atoms with Crippen LogP contribution in [0.4, 0.5) is 0 Å². The lowest BCUT2D eigenvalue weighted by Gasteiger charge is -2.04. The van der Waals surface area contributed by atoms with Crippen molar-refractivity contribution in [2.24, 2.45) is 0 Å². The van der Waals surface area contributed by atoms with E-state index in [4.69, 9.17) is 0 Å². The lowest BCUT2D eigenvalue weighted by molar-refractivity contribution is 0.109. The van der Waals surface area contributed by atoms with Gasteiger partial charge in [-0.1, -0.05) is 140 Å². The summed E-state index contributed by atoms with van der Waals surface area (Å²) in [6.45, 7) is 2.29. The zero-order chi connectivity index (χ0) is 21.0. The molecule has 0 amide bonds. The van der Waals surface area contributed by atoms with Crippen molar-refractivity contribution in [3.63, 3.8) is 0 Å². The topological polar surface area (TPSA) is 17.1 Å². The van der Waals surface area contributed by atoms with Gasteiger partial charge < -0.3 is 0 Å². The maximum absolute atomic E-state index is 11.2. The van der Waals surface area contributed by atoms with Crippen LogP contribution in [0.5, 0.6) is 0 Å². The van der Waals surface area contributed by atoms with E-state index in [-0.39, 0.29) is 5.12 Å². The van der Waals surface area contributed by atoms with Gasteiger partial charge in [0.05, 0.1) is 0 Å². The van der Waals surface area contributed by atoms with Crippen molar-refractivity contribution in [1.82, 2.24) is 0 Å². The molecular formula is C27H46OS. The average Bonchev–Trinajstić information content (AvgIpc) is 2.73. The van der Waals surface area contributed by atoms with E-state index in [2.05, 4.69) is 31.7 Å². The molecule has 1 nitrogen and oxygen atoms in total. The Morgan fingerprint density at radius 3 is 1.28 bits per heavy atom. The SMILES string of the molecule is CCCCCCCCCCCCCCCCCCCCc1ccc(C(=O)S)cc1. The maximum Gasteiger partial charge on any atom is 0.216 e. The Morgan fingerprint density at radius 2 is 0.931 bits per heavy atom. The lowest BCUT2D eigenvalue weighted by atomic mass is 10.0. The van der Waals surface area contributed by atoms with Gasteiger partial charge in [-0.05, 0) is 18.4 Å². The molecule has 0 aromatic heterocycles. The fraction of sp³-hybridized carbons (Fsp3) is 0.741. The Labute approximate surface area is 186 Å². The Hall–Kier alpha value is -0.760. The molecule has 0 radical (unpaired) electrons. The predicted molar refractivity (Wildman–Crippen MR) is 132 cm³/mol. The Balaban J connectivity index is 1.77. The largest absolute Gasteiger partial charge is 0.282 e. The molecule has 1 aromatic rings. The lowest BCUT2D eigenvalue weighted by Crippen LogP contribution is -1.91. The molecule has 0 unspecified atom stereocenters. The summed E-state index contributed by atoms with van der Waals surface area (Å²) in [6, 6.07) is 7.91. The molecule has 29 heavy (non-hydrogen) atoms. The maximum atomic E-state index is 11.2. The summed E-state index contributed by atoms with van der Waals surface area (Å²) in [6.07, 6.45) is 26.6. The molecule has 0 fully saturated rings. The summed E-state index contributed by atoms with van der Waals surface area (Å²) in [5.74, 6) is 0. The summed E-state index contributed by atoms with van der Waals surface area (Å²) in [5.41, 5.74) is 2.02. The quantitative estimate of drug-likeness (QED) is 0.165. The number of unbranched alkanes of at least 4 members (excludes halogenated alkanes) is 17. The van der Waals surface area contributed by atoms with Crippen LogP contribution in [0.25, 0.3) is 0 Å². The highest BCUT2D eigenvalue weighted by Gasteiger charge is 2.00. The molecule has 0 aliphatic heterocycles. The molecule has 0 atom stereocenters. The Morgan fingerprint density at radius 1 is 0.586 bits per heavy atom. The summed E-state index contributed by atoms with van der Waals surface area (Å²) >= 11 is 3.86. The van der Waals surface area contributed by atoms with E-state index in [1.54, 1.807) is 0 Å². The fourth-order valence-corrected chi connectivity index (χ4v) is 4.19. The van der Waals surface area contributed by atoms with Crippen molar-refractivity contribution >= 4 is 17.7 Å². The second kappa shape index (κ2) is 19.2. The molecular weight excluding hydrogens is 372 g/mol. The minimum absolute atomic E-state index is 0.148. The van der Waals surface area contributed by atoms with Crippen LogP contribution >= 0.6 is 12.6 Å². The first-order chi connectivity index (χ1) is 14.2. The standard InChI is InChI=1S/C27H46OS/c1-2-3-4-5-6-7-8-9-10-11-12-13-14-15-16-17-18-19-20-25-21-23-26(24-22-25)27(28)29/h21-24H,2-20H2,1H3,(H,28,29). The minimum Gasteiger partial charge on any atom is -0.282 e. The van der Waals surface area contributed by atoms with Crippen LogP contribution in [0.15, 0.2) is 24.3 Å². The van der Waals surface area contributed by atoms with E-state index in [0.717, 1.165) is 6.42 Å². The molecule has 0 heterocycles. The van der Waals surface area contributed by atoms with Gasteiger partial charge in [0.2, 0.25) is 5.12 Å². The van der Waals surface area contributed by atoms with Crippen molar-refractivity contribution in [3.05, 3.63) is 35.4 Å². The summed E-state index contributed by atoms with van der Waals surface area (Å²) < 4.78 is 0. The predicted octanol–water partition coefficient (Wildman–Crippen LogP) is 9.34. The van der Waals surface area contributed by atoms with Gasteiger partial charge in [0.15, 0.2) is 0 Å². The molecule has 0 saturated carbocycles. The van der Waals surface area contributed by atoms with Crippen LogP contribution in [0.3, 0.4) is 0 Å². The number of aryl methyl sites for hydroxylation is 1. The second-order valence-corrected chi connectivity index (χ2v) is 9.17. The van der Waals surface area contributed by atoms with Crippen LogP contribution < -0.4 is 0 Å². The van der Waals surface area contributed by atoms with E-state index in [1.807, 2.05) is 12.1 Å². The zero-order valence-corrected chi connectivity index (χ0v) is 20.0. The van der Waals surface area contributed by atoms with Gasteiger partial charge in [-0.25, -0.2) is 0 Å². The molecule has 0 N–H and O–H groups in total. The van der Waals surface area contributed by atoms with Gasteiger partial charge in [-0.3, -0.25) is 4.79 Å². The number of carbonyl (C=O) groups is 1. The number of hydrogen-bond acceptors (Lipinski definition) is 1. The third kappa shape index (κ3) is 15.7. The van der Waals surface area contributed by atoms with Crippen molar-refractivity contribution in [1.29, 1.82) is 0 Å². The zero-order valence-electron chi connectivity index (χ0n) is 19.1. The van der Waals surface area contributed by atoms with Crippen molar-refractivity contribution in [3.8, 4) is 0 Å². The third-order valence-electron chi connectivity index (χ3n) is 6.02. The first kappa shape index (κ1) is 26.3. The van der Waals surface area contributed by atoms with E-state index in [1.165, 1.54) is 121 Å². The highest BCUT2D eigenvalue weighted by atomic mass is 32.1. The number of hydrogen-bond donors (Lipinski definition) is 1. The van der Waals surface area contributed by atoms with Crippen LogP contribution in [0, 0.1) is 0 Å². The number of rotatable bonds is 20. The Kier molecular flexibility index (Phi) is 17.4. The van der Waals surface area contributed by atoms with E-state index in [0.29, 0.717) is 5.56 Å². The second-order valence-electron chi connectivity index (χ2n) is 8.76. The Bertz CT molecular complexity index is 494. The highest BCUT2D eigenvalue weighted by Crippen LogP contribution is 2.15. The van der Waals surface area contributed by atoms with E-state index < -0.39 is 0 Å². The molecule has 1 rings (SSSR count). The molecule has 0 aliphatic rings. The average molecular weight is 419 g/mol. The molecule has 0 bridgehead atoms. The smallest absolute Gasteiger partial charge is 0.216 e. The number of thiol groups is 1. The van der Waals surface area contributed by atoms with Crippen molar-refractivity contribution in [2.45, 2.75) is 129 Å². The molecule has 2 heteroatoms. The minimum atomic E-state index is -0.148. The number of carbonyl (C=O) groups excluding carboxylic acids is 1. The summed E-state index contributed by atoms with van der Waals surface area (Å²) in [4.78, 5) is 11.2. The summed E-state index contributed by atoms with van der Waals surface area (Å²) in [5, 5.41) is -0.148. The van der Waals surface area contributed by atoms with Crippen LogP contribution in [-0.4, -0.2) is 5.12 Å². The molecule has 0 aliphatic carbocycles. The van der Waals surface area contributed by atoms with Gasteiger partial charge in [-0.15, -0.1) is 12.6 Å². The molecule has 166 valence electrons. The van der Waals surface area contributed by atoms with Gasteiger partial charge in [0.1, 0.15) is 0 Å². The van der Waals surface area contributed by atoms with Crippen LogP contribution in [-0.2, 0) is 6.42 Å². The van der Waals surface area contributed by atoms with Gasteiger partial charge in [-0.2, -0.15) is 0 Å². The van der Waals surface area contributed by atoms with E-state index >= 15 is 0 Å². The van der Waals surface area contributed by atoms with Gasteiger partial charge >= 0.3 is 0 Å². The first-order valence-electron chi connectivity index (χ1n) is 12.6. The molecule has 1 aromatic carbocycles. The van der Waals surface area contributed by atoms with Gasteiger partial charge in [0, 0.05) is 5.56 Å². The van der Waals surface area contributed by atoms with Crippen molar-refractivity contribution in [2.75, 3.05) is 0 Å². The molecule has 0 saturated heterocycles. The van der Waals surface area contributed by atoms with Gasteiger partial charge in [0.25, 0.3) is 0 Å². The van der Waals surface area contributed by atoms with Crippen molar-refractivity contribution < 1.29 is 4.79 Å². The highest BCUT2D eigenvalue weighted by molar-refractivity contribution is 7.97. The third-order valence-corrected chi connectivity index (χ3v) is 6.28. The fourth-order valence-electron chi connectivity index (χ4n) is 4.04. The monoisotopic (exact) mass is 418 g/mol. The molecule has 0 spiro atoms. The normalized spacial score (nSPS) is 11.1.